The van der Waals surface area contributed by atoms with Crippen LogP contribution in [-0.2, 0) is 0 Å². The first-order valence-electron chi connectivity index (χ1n) is 2.64. The number of rotatable bonds is 0. The second-order valence-corrected chi connectivity index (χ2v) is 2.33. The Morgan fingerprint density at radius 3 is 2.67 bits per heavy atom. The minimum Gasteiger partial charge on any atom is -0.241 e. The van der Waals surface area contributed by atoms with E-state index in [4.69, 9.17) is 11.6 Å². The predicted octanol–water partition coefficient (Wildman–Crippen LogP) is 2.23. The van der Waals surface area contributed by atoms with E-state index < -0.39 is 0 Å². The topological polar surface area (TPSA) is 12.9 Å². The highest BCUT2D eigenvalue weighted by Crippen LogP contribution is 2.08. The number of pyridine rings is 1. The molecule has 0 aliphatic heterocycles. The van der Waals surface area contributed by atoms with E-state index in [1.165, 1.54) is 0 Å². The lowest BCUT2D eigenvalue weighted by Crippen LogP contribution is -1.82. The van der Waals surface area contributed by atoms with Crippen LogP contribution in [0.2, 0.25) is 5.15 Å². The van der Waals surface area contributed by atoms with Crippen LogP contribution in [0.3, 0.4) is 0 Å². The molecule has 9 heavy (non-hydrogen) atoms. The van der Waals surface area contributed by atoms with Crippen molar-refractivity contribution in [2.75, 3.05) is 0 Å². The number of halogens is 1. The molecular weight excluding hydrogens is 134 g/mol. The van der Waals surface area contributed by atoms with Crippen LogP contribution in [0.5, 0.6) is 0 Å². The fraction of sp³-hybridized carbons (Fsp3) is 0.143. The van der Waals surface area contributed by atoms with Gasteiger partial charge in [-0.05, 0) is 31.5 Å². The highest BCUT2D eigenvalue weighted by atomic mass is 35.5. The van der Waals surface area contributed by atoms with E-state index in [-0.39, 0.29) is 0 Å². The Morgan fingerprint density at radius 1 is 1.56 bits per heavy atom. The second-order valence-electron chi connectivity index (χ2n) is 1.94. The zero-order valence-electron chi connectivity index (χ0n) is 5.19. The fourth-order valence-electron chi connectivity index (χ4n) is 0.696. The molecule has 0 saturated heterocycles. The number of aromatic nitrogens is 1. The molecule has 1 heterocycles. The first kappa shape index (κ1) is 6.56. The minimum atomic E-state index is 0.514. The number of hydrogen-bond acceptors (Lipinski definition) is 1. The molecule has 0 N–H and O–H groups in total. The molecule has 0 spiro atoms. The van der Waals surface area contributed by atoms with Gasteiger partial charge in [-0.2, -0.15) is 0 Å². The summed E-state index contributed by atoms with van der Waals surface area (Å²) in [7, 11) is 0. The summed E-state index contributed by atoms with van der Waals surface area (Å²) in [6.45, 7) is 5.61. The van der Waals surface area contributed by atoms with Gasteiger partial charge in [-0.25, -0.2) is 4.98 Å². The normalized spacial score (nSPS) is 9.67. The van der Waals surface area contributed by atoms with Gasteiger partial charge in [0.25, 0.3) is 0 Å². The molecule has 0 amide bonds. The standard InChI is InChI=1S/C7H7ClN/c1-5-3-6(2)9-7(8)4-5/h3-4H,1H2,2H3. The summed E-state index contributed by atoms with van der Waals surface area (Å²) in [5.41, 5.74) is 1.82. The summed E-state index contributed by atoms with van der Waals surface area (Å²) in [6, 6.07) is 3.61. The van der Waals surface area contributed by atoms with Crippen LogP contribution in [0.1, 0.15) is 11.3 Å². The third-order valence-corrected chi connectivity index (χ3v) is 1.18. The molecule has 0 aromatic carbocycles. The van der Waals surface area contributed by atoms with Crippen LogP contribution < -0.4 is 0 Å². The van der Waals surface area contributed by atoms with Crippen LogP contribution in [0.15, 0.2) is 12.1 Å². The van der Waals surface area contributed by atoms with Gasteiger partial charge in [-0.3, -0.25) is 0 Å². The summed E-state index contributed by atoms with van der Waals surface area (Å²) < 4.78 is 0. The monoisotopic (exact) mass is 140 g/mol. The van der Waals surface area contributed by atoms with Crippen LogP contribution in [0.25, 0.3) is 0 Å². The van der Waals surface area contributed by atoms with Crippen LogP contribution in [0.4, 0.5) is 0 Å². The van der Waals surface area contributed by atoms with E-state index in [0.717, 1.165) is 11.3 Å². The first-order valence-corrected chi connectivity index (χ1v) is 3.02. The number of nitrogens with zero attached hydrogens (tertiary/aromatic N) is 1. The molecule has 0 aliphatic rings. The average Bonchev–Trinajstić information content (AvgIpc) is 1.59. The van der Waals surface area contributed by atoms with Crippen LogP contribution >= 0.6 is 11.6 Å². The third-order valence-electron chi connectivity index (χ3n) is 0.982. The quantitative estimate of drug-likeness (QED) is 0.504. The van der Waals surface area contributed by atoms with Gasteiger partial charge in [0.2, 0.25) is 0 Å². The SMILES string of the molecule is [CH2]c1cc(C)nc(Cl)c1. The molecule has 0 unspecified atom stereocenters. The molecular formula is C7H7ClN. The molecule has 0 saturated carbocycles. The maximum Gasteiger partial charge on any atom is 0.129 e. The van der Waals surface area contributed by atoms with Crippen LogP contribution in [-0.4, -0.2) is 4.98 Å². The fourth-order valence-corrected chi connectivity index (χ4v) is 0.969. The Bertz CT molecular complexity index is 170. The highest BCUT2D eigenvalue weighted by molar-refractivity contribution is 6.29. The summed E-state index contributed by atoms with van der Waals surface area (Å²) in [4.78, 5) is 3.96. The summed E-state index contributed by atoms with van der Waals surface area (Å²) in [6.07, 6.45) is 0. The molecule has 0 aliphatic carbocycles. The van der Waals surface area contributed by atoms with Crippen molar-refractivity contribution in [1.29, 1.82) is 0 Å². The van der Waals surface area contributed by atoms with Gasteiger partial charge in [0.15, 0.2) is 0 Å². The highest BCUT2D eigenvalue weighted by Gasteiger charge is 1.90. The predicted molar refractivity (Wildman–Crippen MR) is 38.4 cm³/mol. The first-order chi connectivity index (χ1) is 4.18. The van der Waals surface area contributed by atoms with Crippen molar-refractivity contribution >= 4 is 11.6 Å². The molecule has 1 rings (SSSR count). The zero-order valence-corrected chi connectivity index (χ0v) is 5.94. The maximum absolute atomic E-state index is 5.60. The van der Waals surface area contributed by atoms with Gasteiger partial charge in [0.1, 0.15) is 5.15 Å². The summed E-state index contributed by atoms with van der Waals surface area (Å²) >= 11 is 5.60. The third kappa shape index (κ3) is 1.68. The Morgan fingerprint density at radius 2 is 2.22 bits per heavy atom. The maximum atomic E-state index is 5.60. The van der Waals surface area contributed by atoms with Crippen LogP contribution in [0, 0.1) is 13.8 Å². The molecule has 0 bridgehead atoms. The van der Waals surface area contributed by atoms with Gasteiger partial charge in [0, 0.05) is 5.69 Å². The van der Waals surface area contributed by atoms with E-state index in [1.54, 1.807) is 6.07 Å². The van der Waals surface area contributed by atoms with Gasteiger partial charge in [0.05, 0.1) is 0 Å². The lowest BCUT2D eigenvalue weighted by Gasteiger charge is -1.94. The minimum absolute atomic E-state index is 0.514. The molecule has 0 fully saturated rings. The molecule has 0 atom stereocenters. The van der Waals surface area contributed by atoms with Crippen molar-refractivity contribution in [3.63, 3.8) is 0 Å². The van der Waals surface area contributed by atoms with E-state index >= 15 is 0 Å². The molecule has 2 heteroatoms. The Balaban J connectivity index is 3.17. The largest absolute Gasteiger partial charge is 0.241 e. The van der Waals surface area contributed by atoms with E-state index in [0.29, 0.717) is 5.15 Å². The lowest BCUT2D eigenvalue weighted by molar-refractivity contribution is 1.19. The second kappa shape index (κ2) is 2.36. The molecule has 47 valence electrons. The number of hydrogen-bond donors (Lipinski definition) is 0. The van der Waals surface area contributed by atoms with Crippen molar-refractivity contribution in [2.45, 2.75) is 6.92 Å². The van der Waals surface area contributed by atoms with Gasteiger partial charge in [-0.1, -0.05) is 11.6 Å². The van der Waals surface area contributed by atoms with Gasteiger partial charge < -0.3 is 0 Å². The zero-order chi connectivity index (χ0) is 6.85. The van der Waals surface area contributed by atoms with E-state index in [9.17, 15) is 0 Å². The van der Waals surface area contributed by atoms with Crippen molar-refractivity contribution in [1.82, 2.24) is 4.98 Å². The smallest absolute Gasteiger partial charge is 0.129 e. The van der Waals surface area contributed by atoms with Crippen molar-refractivity contribution in [3.8, 4) is 0 Å². The van der Waals surface area contributed by atoms with E-state index in [1.807, 2.05) is 13.0 Å². The van der Waals surface area contributed by atoms with Crippen molar-refractivity contribution < 1.29 is 0 Å². The van der Waals surface area contributed by atoms with Gasteiger partial charge >= 0.3 is 0 Å². The Hall–Kier alpha value is -0.560. The van der Waals surface area contributed by atoms with Crippen molar-refractivity contribution in [3.05, 3.63) is 35.5 Å². The number of aryl methyl sites for hydroxylation is 1. The van der Waals surface area contributed by atoms with Gasteiger partial charge in [-0.15, -0.1) is 0 Å². The molecule has 1 aromatic rings. The average molecular weight is 141 g/mol. The molecule has 1 nitrogen and oxygen atoms in total. The summed E-state index contributed by atoms with van der Waals surface area (Å²) in [5, 5.41) is 0.514. The lowest BCUT2D eigenvalue weighted by atomic mass is 10.3. The Labute approximate surface area is 59.7 Å². The Kier molecular flexibility index (Phi) is 1.72. The van der Waals surface area contributed by atoms with Crippen molar-refractivity contribution in [2.24, 2.45) is 0 Å². The molecule has 1 radical (unpaired) electrons. The van der Waals surface area contributed by atoms with E-state index in [2.05, 4.69) is 11.9 Å². The summed E-state index contributed by atoms with van der Waals surface area (Å²) in [5.74, 6) is 0. The molecule has 1 aromatic heterocycles.